The highest BCUT2D eigenvalue weighted by molar-refractivity contribution is 5.39. The Kier molecular flexibility index (Phi) is 5.23. The normalized spacial score (nSPS) is 10.5. The van der Waals surface area contributed by atoms with E-state index in [0.29, 0.717) is 13.2 Å². The number of ether oxygens (including phenoxy) is 2. The molecule has 3 nitrogen and oxygen atoms in total. The van der Waals surface area contributed by atoms with E-state index in [0.717, 1.165) is 29.0 Å². The predicted octanol–water partition coefficient (Wildman–Crippen LogP) is 3.39. The van der Waals surface area contributed by atoms with Crippen molar-refractivity contribution in [2.45, 2.75) is 26.9 Å². The quantitative estimate of drug-likeness (QED) is 0.884. The van der Waals surface area contributed by atoms with Crippen LogP contribution in [0.3, 0.4) is 0 Å². The van der Waals surface area contributed by atoms with E-state index in [9.17, 15) is 0 Å². The molecule has 0 unspecified atom stereocenters. The van der Waals surface area contributed by atoms with Crippen LogP contribution in [0.1, 0.15) is 22.3 Å². The largest absolute Gasteiger partial charge is 0.496 e. The number of hydrogen-bond donors (Lipinski definition) is 1. The summed E-state index contributed by atoms with van der Waals surface area (Å²) in [5, 5.41) is 0. The van der Waals surface area contributed by atoms with Crippen molar-refractivity contribution in [1.82, 2.24) is 0 Å². The molecule has 2 N–H and O–H groups in total. The van der Waals surface area contributed by atoms with Gasteiger partial charge >= 0.3 is 0 Å². The van der Waals surface area contributed by atoms with Gasteiger partial charge in [0.2, 0.25) is 0 Å². The summed E-state index contributed by atoms with van der Waals surface area (Å²) in [6.07, 6.45) is 0.821. The van der Waals surface area contributed by atoms with Crippen LogP contribution in [0.5, 0.6) is 11.5 Å². The Morgan fingerprint density at radius 1 is 0.905 bits per heavy atom. The van der Waals surface area contributed by atoms with E-state index in [4.69, 9.17) is 15.2 Å². The SMILES string of the molecule is COc1ccc(C)cc1COc1ccc(C)cc1CCN. The van der Waals surface area contributed by atoms with Crippen LogP contribution in [0.15, 0.2) is 36.4 Å². The number of nitrogens with two attached hydrogens (primary N) is 1. The molecule has 0 aromatic heterocycles. The first-order valence-corrected chi connectivity index (χ1v) is 7.20. The average molecular weight is 285 g/mol. The van der Waals surface area contributed by atoms with Crippen LogP contribution in [0, 0.1) is 13.8 Å². The zero-order valence-electron chi connectivity index (χ0n) is 13.0. The van der Waals surface area contributed by atoms with Crippen molar-refractivity contribution in [1.29, 1.82) is 0 Å². The maximum absolute atomic E-state index is 5.99. The number of hydrogen-bond acceptors (Lipinski definition) is 3. The average Bonchev–Trinajstić information content (AvgIpc) is 2.47. The van der Waals surface area contributed by atoms with Crippen LogP contribution >= 0.6 is 0 Å². The van der Waals surface area contributed by atoms with Gasteiger partial charge in [0.15, 0.2) is 0 Å². The van der Waals surface area contributed by atoms with Crippen molar-refractivity contribution in [3.8, 4) is 11.5 Å². The molecule has 3 heteroatoms. The van der Waals surface area contributed by atoms with Crippen LogP contribution in [-0.4, -0.2) is 13.7 Å². The van der Waals surface area contributed by atoms with Crippen LogP contribution in [0.25, 0.3) is 0 Å². The molecule has 2 rings (SSSR count). The molecule has 112 valence electrons. The second-order valence-electron chi connectivity index (χ2n) is 5.25. The minimum Gasteiger partial charge on any atom is -0.496 e. The van der Waals surface area contributed by atoms with E-state index in [1.807, 2.05) is 18.2 Å². The van der Waals surface area contributed by atoms with Gasteiger partial charge in [0, 0.05) is 5.56 Å². The van der Waals surface area contributed by atoms with Gasteiger partial charge in [0.1, 0.15) is 18.1 Å². The fourth-order valence-corrected chi connectivity index (χ4v) is 2.38. The highest BCUT2D eigenvalue weighted by Crippen LogP contribution is 2.25. The van der Waals surface area contributed by atoms with Crippen LogP contribution in [0.2, 0.25) is 0 Å². The topological polar surface area (TPSA) is 44.5 Å². The van der Waals surface area contributed by atoms with E-state index in [-0.39, 0.29) is 0 Å². The first kappa shape index (κ1) is 15.4. The van der Waals surface area contributed by atoms with E-state index in [1.165, 1.54) is 11.1 Å². The Balaban J connectivity index is 2.18. The molecule has 0 saturated carbocycles. The summed E-state index contributed by atoms with van der Waals surface area (Å²) in [6, 6.07) is 12.3. The van der Waals surface area contributed by atoms with Crippen molar-refractivity contribution in [3.63, 3.8) is 0 Å². The number of rotatable bonds is 6. The Bertz CT molecular complexity index is 608. The molecule has 0 amide bonds. The molecule has 2 aromatic carbocycles. The zero-order valence-corrected chi connectivity index (χ0v) is 13.0. The van der Waals surface area contributed by atoms with E-state index < -0.39 is 0 Å². The molecular formula is C18H23NO2. The van der Waals surface area contributed by atoms with Gasteiger partial charge in [-0.2, -0.15) is 0 Å². The minimum atomic E-state index is 0.492. The summed E-state index contributed by atoms with van der Waals surface area (Å²) < 4.78 is 11.4. The van der Waals surface area contributed by atoms with Crippen molar-refractivity contribution in [3.05, 3.63) is 58.7 Å². The van der Waals surface area contributed by atoms with Gasteiger partial charge in [-0.05, 0) is 50.6 Å². The number of benzene rings is 2. The molecule has 0 radical (unpaired) electrons. The molecule has 0 spiro atoms. The molecule has 0 aliphatic carbocycles. The van der Waals surface area contributed by atoms with Crippen molar-refractivity contribution < 1.29 is 9.47 Å². The highest BCUT2D eigenvalue weighted by atomic mass is 16.5. The van der Waals surface area contributed by atoms with Crippen LogP contribution < -0.4 is 15.2 Å². The summed E-state index contributed by atoms with van der Waals surface area (Å²) in [4.78, 5) is 0. The minimum absolute atomic E-state index is 0.492. The molecule has 0 bridgehead atoms. The summed E-state index contributed by atoms with van der Waals surface area (Å²) in [7, 11) is 1.68. The fraction of sp³-hybridized carbons (Fsp3) is 0.333. The standard InChI is InChI=1S/C18H23NO2/c1-13-5-7-18(15(10-13)8-9-19)21-12-16-11-14(2)4-6-17(16)20-3/h4-7,10-11H,8-9,12,19H2,1-3H3. The molecule has 21 heavy (non-hydrogen) atoms. The van der Waals surface area contributed by atoms with Crippen LogP contribution in [0.4, 0.5) is 0 Å². The van der Waals surface area contributed by atoms with Gasteiger partial charge in [-0.1, -0.05) is 29.3 Å². The maximum Gasteiger partial charge on any atom is 0.125 e. The van der Waals surface area contributed by atoms with E-state index in [1.54, 1.807) is 7.11 Å². The smallest absolute Gasteiger partial charge is 0.125 e. The summed E-state index contributed by atoms with van der Waals surface area (Å²) >= 11 is 0. The second-order valence-corrected chi connectivity index (χ2v) is 5.25. The summed E-state index contributed by atoms with van der Waals surface area (Å²) in [5.74, 6) is 1.75. The Morgan fingerprint density at radius 2 is 1.52 bits per heavy atom. The first-order valence-electron chi connectivity index (χ1n) is 7.20. The Labute approximate surface area is 126 Å². The number of aryl methyl sites for hydroxylation is 2. The molecule has 0 fully saturated rings. The third-order valence-corrected chi connectivity index (χ3v) is 3.45. The lowest BCUT2D eigenvalue weighted by Gasteiger charge is -2.14. The Morgan fingerprint density at radius 3 is 2.14 bits per heavy atom. The molecule has 0 aliphatic rings. The van der Waals surface area contributed by atoms with Crippen molar-refractivity contribution in [2.75, 3.05) is 13.7 Å². The first-order chi connectivity index (χ1) is 10.1. The van der Waals surface area contributed by atoms with Gasteiger partial charge in [-0.3, -0.25) is 0 Å². The highest BCUT2D eigenvalue weighted by Gasteiger charge is 2.07. The molecule has 2 aromatic rings. The Hall–Kier alpha value is -2.00. The third kappa shape index (κ3) is 3.99. The van der Waals surface area contributed by atoms with Gasteiger partial charge in [-0.15, -0.1) is 0 Å². The lowest BCUT2D eigenvalue weighted by atomic mass is 10.1. The summed E-state index contributed by atoms with van der Waals surface area (Å²) in [5.41, 5.74) is 10.3. The molecule has 0 atom stereocenters. The van der Waals surface area contributed by atoms with E-state index in [2.05, 4.69) is 32.0 Å². The zero-order chi connectivity index (χ0) is 15.2. The van der Waals surface area contributed by atoms with Gasteiger partial charge < -0.3 is 15.2 Å². The van der Waals surface area contributed by atoms with Crippen LogP contribution in [-0.2, 0) is 13.0 Å². The summed E-state index contributed by atoms with van der Waals surface area (Å²) in [6.45, 7) is 5.25. The second kappa shape index (κ2) is 7.14. The van der Waals surface area contributed by atoms with E-state index >= 15 is 0 Å². The molecule has 0 aliphatic heterocycles. The van der Waals surface area contributed by atoms with Gasteiger partial charge in [-0.25, -0.2) is 0 Å². The lowest BCUT2D eigenvalue weighted by molar-refractivity contribution is 0.293. The fourth-order valence-electron chi connectivity index (χ4n) is 2.38. The maximum atomic E-state index is 5.99. The molecule has 0 heterocycles. The monoisotopic (exact) mass is 285 g/mol. The third-order valence-electron chi connectivity index (χ3n) is 3.45. The molecule has 0 saturated heterocycles. The van der Waals surface area contributed by atoms with Crippen molar-refractivity contribution in [2.24, 2.45) is 5.73 Å². The van der Waals surface area contributed by atoms with Crippen molar-refractivity contribution >= 4 is 0 Å². The lowest BCUT2D eigenvalue weighted by Crippen LogP contribution is -2.06. The van der Waals surface area contributed by atoms with Gasteiger partial charge in [0.05, 0.1) is 7.11 Å². The molecular weight excluding hydrogens is 262 g/mol. The van der Waals surface area contributed by atoms with Gasteiger partial charge in [0.25, 0.3) is 0 Å². The number of methoxy groups -OCH3 is 1. The predicted molar refractivity (Wildman–Crippen MR) is 86.0 cm³/mol.